The van der Waals surface area contributed by atoms with Crippen LogP contribution in [0.15, 0.2) is 24.3 Å². The van der Waals surface area contributed by atoms with Crippen molar-refractivity contribution in [3.8, 4) is 0 Å². The van der Waals surface area contributed by atoms with E-state index in [1.165, 1.54) is 11.1 Å². The van der Waals surface area contributed by atoms with E-state index >= 15 is 0 Å². The normalized spacial score (nSPS) is 12.6. The van der Waals surface area contributed by atoms with Gasteiger partial charge in [-0.05, 0) is 31.0 Å². The molecule has 0 aliphatic carbocycles. The topological polar surface area (TPSA) is 30.5 Å². The summed E-state index contributed by atoms with van der Waals surface area (Å²) >= 11 is 0. The Morgan fingerprint density at radius 2 is 1.68 bits per heavy atom. The molecule has 1 rings (SSSR count). The minimum Gasteiger partial charge on any atom is -0.379 e. The van der Waals surface area contributed by atoms with Crippen LogP contribution in [0.25, 0.3) is 0 Å². The second kappa shape index (κ2) is 9.96. The second-order valence-corrected chi connectivity index (χ2v) is 4.62. The minimum absolute atomic E-state index is 0.247. The smallest absolute Gasteiger partial charge is 0.0701 e. The van der Waals surface area contributed by atoms with Crippen LogP contribution in [-0.4, -0.2) is 33.5 Å². The van der Waals surface area contributed by atoms with Crippen LogP contribution < -0.4 is 5.32 Å². The fourth-order valence-electron chi connectivity index (χ4n) is 1.90. The summed E-state index contributed by atoms with van der Waals surface area (Å²) in [4.78, 5) is 0. The summed E-state index contributed by atoms with van der Waals surface area (Å²) in [6, 6.07) is 8.97. The lowest BCUT2D eigenvalue weighted by molar-refractivity contribution is 0.0399. The highest BCUT2D eigenvalue weighted by molar-refractivity contribution is 5.25. The Labute approximate surface area is 117 Å². The minimum atomic E-state index is 0.247. The number of rotatable bonds is 10. The van der Waals surface area contributed by atoms with Crippen molar-refractivity contribution in [2.24, 2.45) is 0 Å². The maximum absolute atomic E-state index is 5.66. The zero-order valence-electron chi connectivity index (χ0n) is 12.4. The Hall–Kier alpha value is -0.900. The Morgan fingerprint density at radius 3 is 2.26 bits per heavy atom. The molecule has 0 aromatic heterocycles. The highest BCUT2D eigenvalue weighted by atomic mass is 16.5. The SMILES string of the molecule is CCCOCCOCC(NC)c1ccc(CC)cc1. The van der Waals surface area contributed by atoms with Crippen molar-refractivity contribution < 1.29 is 9.47 Å². The summed E-state index contributed by atoms with van der Waals surface area (Å²) in [5.41, 5.74) is 2.64. The van der Waals surface area contributed by atoms with E-state index in [-0.39, 0.29) is 6.04 Å². The molecule has 1 unspecified atom stereocenters. The third-order valence-electron chi connectivity index (χ3n) is 3.14. The standard InChI is InChI=1S/C16H27NO2/c1-4-10-18-11-12-19-13-16(17-3)15-8-6-14(5-2)7-9-15/h6-9,16-17H,4-5,10-13H2,1-3H3. The summed E-state index contributed by atoms with van der Waals surface area (Å²) < 4.78 is 11.0. The van der Waals surface area contributed by atoms with Gasteiger partial charge in [-0.15, -0.1) is 0 Å². The van der Waals surface area contributed by atoms with Crippen LogP contribution in [0.1, 0.15) is 37.4 Å². The van der Waals surface area contributed by atoms with Gasteiger partial charge in [-0.25, -0.2) is 0 Å². The van der Waals surface area contributed by atoms with E-state index in [0.29, 0.717) is 19.8 Å². The van der Waals surface area contributed by atoms with E-state index in [1.807, 2.05) is 7.05 Å². The van der Waals surface area contributed by atoms with Crippen molar-refractivity contribution in [2.45, 2.75) is 32.7 Å². The lowest BCUT2D eigenvalue weighted by Gasteiger charge is -2.17. The third-order valence-corrected chi connectivity index (χ3v) is 3.14. The molecule has 3 heteroatoms. The molecule has 0 amide bonds. The van der Waals surface area contributed by atoms with Crippen LogP contribution in [0.3, 0.4) is 0 Å². The number of aryl methyl sites for hydroxylation is 1. The van der Waals surface area contributed by atoms with Crippen molar-refractivity contribution in [1.29, 1.82) is 0 Å². The van der Waals surface area contributed by atoms with Crippen LogP contribution in [-0.2, 0) is 15.9 Å². The van der Waals surface area contributed by atoms with Crippen molar-refractivity contribution in [3.05, 3.63) is 35.4 Å². The first kappa shape index (κ1) is 16.2. The molecular weight excluding hydrogens is 238 g/mol. The molecule has 1 aromatic rings. The first-order valence-electron chi connectivity index (χ1n) is 7.23. The van der Waals surface area contributed by atoms with Gasteiger partial charge in [0.1, 0.15) is 0 Å². The maximum atomic E-state index is 5.66. The molecule has 1 N–H and O–H groups in total. The average Bonchev–Trinajstić information content (AvgIpc) is 2.47. The molecule has 0 bridgehead atoms. The molecular formula is C16H27NO2. The van der Waals surface area contributed by atoms with E-state index in [2.05, 4.69) is 43.4 Å². The van der Waals surface area contributed by atoms with Crippen LogP contribution in [0.5, 0.6) is 0 Å². The molecule has 0 spiro atoms. The van der Waals surface area contributed by atoms with Gasteiger partial charge in [0.05, 0.1) is 25.9 Å². The predicted octanol–water partition coefficient (Wildman–Crippen LogP) is 2.95. The number of ether oxygens (including phenoxy) is 2. The molecule has 1 aromatic carbocycles. The van der Waals surface area contributed by atoms with E-state index in [0.717, 1.165) is 19.4 Å². The molecule has 19 heavy (non-hydrogen) atoms. The molecule has 108 valence electrons. The molecule has 0 radical (unpaired) electrons. The molecule has 0 aliphatic heterocycles. The lowest BCUT2D eigenvalue weighted by Crippen LogP contribution is -2.22. The molecule has 0 fully saturated rings. The van der Waals surface area contributed by atoms with Crippen molar-refractivity contribution >= 4 is 0 Å². The predicted molar refractivity (Wildman–Crippen MR) is 79.5 cm³/mol. The Balaban J connectivity index is 2.31. The monoisotopic (exact) mass is 265 g/mol. The van der Waals surface area contributed by atoms with Crippen molar-refractivity contribution in [1.82, 2.24) is 5.32 Å². The zero-order valence-corrected chi connectivity index (χ0v) is 12.4. The molecule has 0 saturated carbocycles. The average molecular weight is 265 g/mol. The van der Waals surface area contributed by atoms with Gasteiger partial charge in [0.2, 0.25) is 0 Å². The molecule has 0 aliphatic rings. The van der Waals surface area contributed by atoms with Gasteiger partial charge < -0.3 is 14.8 Å². The Bertz CT molecular complexity index is 324. The van der Waals surface area contributed by atoms with Crippen LogP contribution in [0.4, 0.5) is 0 Å². The third kappa shape index (κ3) is 6.19. The van der Waals surface area contributed by atoms with Gasteiger partial charge in [0.25, 0.3) is 0 Å². The highest BCUT2D eigenvalue weighted by Crippen LogP contribution is 2.14. The van der Waals surface area contributed by atoms with Gasteiger partial charge in [0, 0.05) is 6.61 Å². The fraction of sp³-hybridized carbons (Fsp3) is 0.625. The van der Waals surface area contributed by atoms with E-state index in [9.17, 15) is 0 Å². The van der Waals surface area contributed by atoms with E-state index in [4.69, 9.17) is 9.47 Å². The van der Waals surface area contributed by atoms with Gasteiger partial charge in [-0.1, -0.05) is 38.1 Å². The largest absolute Gasteiger partial charge is 0.379 e. The zero-order chi connectivity index (χ0) is 13.9. The van der Waals surface area contributed by atoms with Gasteiger partial charge >= 0.3 is 0 Å². The van der Waals surface area contributed by atoms with Crippen molar-refractivity contribution in [3.63, 3.8) is 0 Å². The summed E-state index contributed by atoms with van der Waals surface area (Å²) in [5, 5.41) is 3.29. The number of benzene rings is 1. The number of hydrogen-bond acceptors (Lipinski definition) is 3. The second-order valence-electron chi connectivity index (χ2n) is 4.62. The van der Waals surface area contributed by atoms with Crippen molar-refractivity contribution in [2.75, 3.05) is 33.5 Å². The van der Waals surface area contributed by atoms with Crippen LogP contribution >= 0.6 is 0 Å². The molecule has 3 nitrogen and oxygen atoms in total. The summed E-state index contributed by atoms with van der Waals surface area (Å²) in [7, 11) is 1.97. The highest BCUT2D eigenvalue weighted by Gasteiger charge is 2.08. The molecule has 0 saturated heterocycles. The van der Waals surface area contributed by atoms with Gasteiger partial charge in [-0.2, -0.15) is 0 Å². The summed E-state index contributed by atoms with van der Waals surface area (Å²) in [5.74, 6) is 0. The number of hydrogen-bond donors (Lipinski definition) is 1. The van der Waals surface area contributed by atoms with E-state index in [1.54, 1.807) is 0 Å². The van der Waals surface area contributed by atoms with E-state index < -0.39 is 0 Å². The Morgan fingerprint density at radius 1 is 1.00 bits per heavy atom. The quantitative estimate of drug-likeness (QED) is 0.660. The number of nitrogens with one attached hydrogen (secondary N) is 1. The van der Waals surface area contributed by atoms with Crippen LogP contribution in [0, 0.1) is 0 Å². The first-order chi connectivity index (χ1) is 9.31. The first-order valence-corrected chi connectivity index (χ1v) is 7.23. The summed E-state index contributed by atoms with van der Waals surface area (Å²) in [6.45, 7) is 7.11. The molecule has 1 atom stereocenters. The summed E-state index contributed by atoms with van der Waals surface area (Å²) in [6.07, 6.45) is 2.14. The molecule has 0 heterocycles. The van der Waals surface area contributed by atoms with Crippen LogP contribution in [0.2, 0.25) is 0 Å². The lowest BCUT2D eigenvalue weighted by atomic mass is 10.0. The fourth-order valence-corrected chi connectivity index (χ4v) is 1.90. The van der Waals surface area contributed by atoms with Gasteiger partial charge in [-0.3, -0.25) is 0 Å². The van der Waals surface area contributed by atoms with Gasteiger partial charge in [0.15, 0.2) is 0 Å². The Kier molecular flexibility index (Phi) is 8.47. The number of likely N-dealkylation sites (N-methyl/N-ethyl adjacent to an activating group) is 1. The maximum Gasteiger partial charge on any atom is 0.0701 e.